The maximum absolute atomic E-state index is 11.1. The van der Waals surface area contributed by atoms with Crippen LogP contribution in [0.3, 0.4) is 0 Å². The molecule has 6 nitrogen and oxygen atoms in total. The summed E-state index contributed by atoms with van der Waals surface area (Å²) in [6.45, 7) is 0.263. The second kappa shape index (κ2) is 5.69. The minimum atomic E-state index is -0.610. The maximum Gasteiger partial charge on any atom is 0.377 e. The third kappa shape index (κ3) is 3.10. The molecule has 0 saturated carbocycles. The topological polar surface area (TPSA) is 85.4 Å². The molecular formula is C13H10N2O4. The molecule has 96 valence electrons. The number of nitriles is 1. The minimum Gasteiger partial charge on any atom is -0.471 e. The lowest BCUT2D eigenvalue weighted by Crippen LogP contribution is -1.98. The summed E-state index contributed by atoms with van der Waals surface area (Å²) in [5, 5.41) is 12.3. The van der Waals surface area contributed by atoms with Crippen molar-refractivity contribution in [2.75, 3.05) is 7.11 Å². The number of esters is 1. The molecule has 0 bridgehead atoms. The van der Waals surface area contributed by atoms with E-state index < -0.39 is 5.97 Å². The number of rotatable bonds is 4. The Morgan fingerprint density at radius 2 is 2.16 bits per heavy atom. The number of carbonyl (C=O) groups excluding carboxylic acids is 1. The van der Waals surface area contributed by atoms with Gasteiger partial charge in [-0.25, -0.2) is 4.79 Å². The van der Waals surface area contributed by atoms with Crippen molar-refractivity contribution >= 4 is 5.97 Å². The Balaban J connectivity index is 1.96. The van der Waals surface area contributed by atoms with Crippen molar-refractivity contribution in [1.82, 2.24) is 5.16 Å². The molecule has 0 spiro atoms. The number of ether oxygens (including phenoxy) is 2. The van der Waals surface area contributed by atoms with Gasteiger partial charge in [0.15, 0.2) is 0 Å². The molecule has 1 heterocycles. The molecule has 0 unspecified atom stereocenters. The van der Waals surface area contributed by atoms with Crippen LogP contribution in [0.15, 0.2) is 34.9 Å². The molecule has 0 radical (unpaired) electrons. The predicted octanol–water partition coefficient (Wildman–Crippen LogP) is 1.91. The van der Waals surface area contributed by atoms with Crippen LogP contribution in [0.1, 0.15) is 21.7 Å². The molecule has 19 heavy (non-hydrogen) atoms. The Morgan fingerprint density at radius 1 is 1.42 bits per heavy atom. The number of methoxy groups -OCH3 is 1. The molecule has 1 aromatic carbocycles. The van der Waals surface area contributed by atoms with Crippen LogP contribution < -0.4 is 4.74 Å². The van der Waals surface area contributed by atoms with Gasteiger partial charge >= 0.3 is 5.97 Å². The zero-order valence-electron chi connectivity index (χ0n) is 10.1. The third-order valence-corrected chi connectivity index (χ3v) is 2.34. The first kappa shape index (κ1) is 12.6. The summed E-state index contributed by atoms with van der Waals surface area (Å²) in [5.74, 6) is -0.428. The highest BCUT2D eigenvalue weighted by atomic mass is 16.6. The number of aromatic nitrogens is 1. The summed E-state index contributed by atoms with van der Waals surface area (Å²) in [4.78, 5) is 11.1. The number of benzene rings is 1. The van der Waals surface area contributed by atoms with Crippen molar-refractivity contribution in [1.29, 1.82) is 5.26 Å². The average Bonchev–Trinajstić information content (AvgIpc) is 2.93. The van der Waals surface area contributed by atoms with Crippen LogP contribution in [0.4, 0.5) is 0 Å². The Kier molecular flexibility index (Phi) is 3.78. The Hall–Kier alpha value is -2.81. The molecular weight excluding hydrogens is 248 g/mol. The van der Waals surface area contributed by atoms with Gasteiger partial charge in [-0.3, -0.25) is 0 Å². The first-order valence-electron chi connectivity index (χ1n) is 5.40. The highest BCUT2D eigenvalue weighted by molar-refractivity contribution is 5.86. The maximum atomic E-state index is 11.1. The highest BCUT2D eigenvalue weighted by Gasteiger charge is 2.13. The van der Waals surface area contributed by atoms with Gasteiger partial charge in [-0.2, -0.15) is 5.26 Å². The predicted molar refractivity (Wildman–Crippen MR) is 63.3 cm³/mol. The Bertz CT molecular complexity index is 610. The van der Waals surface area contributed by atoms with Crippen molar-refractivity contribution < 1.29 is 18.8 Å². The first-order valence-corrected chi connectivity index (χ1v) is 5.40. The van der Waals surface area contributed by atoms with E-state index in [1.807, 2.05) is 6.07 Å². The van der Waals surface area contributed by atoms with Gasteiger partial charge in [-0.15, -0.1) is 0 Å². The van der Waals surface area contributed by atoms with Gasteiger partial charge < -0.3 is 14.0 Å². The molecule has 0 aliphatic carbocycles. The standard InChI is InChI=1S/C13H10N2O4/c1-17-13(16)11-6-12(15-19-11)18-8-10-4-2-9(7-14)3-5-10/h2-6H,8H2,1H3. The summed E-state index contributed by atoms with van der Waals surface area (Å²) in [6, 6.07) is 10.3. The van der Waals surface area contributed by atoms with Crippen LogP contribution in [-0.4, -0.2) is 18.2 Å². The van der Waals surface area contributed by atoms with Gasteiger partial charge in [-0.05, 0) is 22.9 Å². The highest BCUT2D eigenvalue weighted by Crippen LogP contribution is 2.14. The zero-order valence-corrected chi connectivity index (χ0v) is 10.1. The van der Waals surface area contributed by atoms with Gasteiger partial charge in [0.1, 0.15) is 6.61 Å². The lowest BCUT2D eigenvalue weighted by Gasteiger charge is -2.01. The number of nitrogens with zero attached hydrogens (tertiary/aromatic N) is 2. The summed E-state index contributed by atoms with van der Waals surface area (Å²) in [7, 11) is 1.25. The minimum absolute atomic E-state index is 0.0164. The largest absolute Gasteiger partial charge is 0.471 e. The molecule has 0 aliphatic heterocycles. The number of carbonyl (C=O) groups is 1. The molecule has 0 saturated heterocycles. The van der Waals surface area contributed by atoms with E-state index in [0.717, 1.165) is 5.56 Å². The summed E-state index contributed by atoms with van der Waals surface area (Å²) < 4.78 is 14.6. The summed E-state index contributed by atoms with van der Waals surface area (Å²) in [6.07, 6.45) is 0. The van der Waals surface area contributed by atoms with Gasteiger partial charge in [0.2, 0.25) is 5.76 Å². The molecule has 0 fully saturated rings. The fourth-order valence-electron chi connectivity index (χ4n) is 1.36. The van der Waals surface area contributed by atoms with Crippen LogP contribution in [0.2, 0.25) is 0 Å². The lowest BCUT2D eigenvalue weighted by molar-refractivity contribution is 0.0554. The van der Waals surface area contributed by atoms with Crippen molar-refractivity contribution in [2.45, 2.75) is 6.61 Å². The van der Waals surface area contributed by atoms with Crippen molar-refractivity contribution in [3.63, 3.8) is 0 Å². The van der Waals surface area contributed by atoms with Gasteiger partial charge in [0.05, 0.1) is 24.8 Å². The molecule has 6 heteroatoms. The third-order valence-electron chi connectivity index (χ3n) is 2.34. The number of hydrogen-bond donors (Lipinski definition) is 0. The number of hydrogen-bond acceptors (Lipinski definition) is 6. The second-order valence-electron chi connectivity index (χ2n) is 3.62. The average molecular weight is 258 g/mol. The van der Waals surface area contributed by atoms with Crippen molar-refractivity contribution in [2.24, 2.45) is 0 Å². The molecule has 1 aromatic heterocycles. The van der Waals surface area contributed by atoms with E-state index in [1.54, 1.807) is 24.3 Å². The fraction of sp³-hybridized carbons (Fsp3) is 0.154. The van der Waals surface area contributed by atoms with Crippen LogP contribution in [0, 0.1) is 11.3 Å². The summed E-state index contributed by atoms with van der Waals surface area (Å²) >= 11 is 0. The molecule has 0 atom stereocenters. The van der Waals surface area contributed by atoms with E-state index in [1.165, 1.54) is 13.2 Å². The van der Waals surface area contributed by atoms with Crippen molar-refractivity contribution in [3.8, 4) is 11.9 Å². The fourth-order valence-corrected chi connectivity index (χ4v) is 1.36. The van der Waals surface area contributed by atoms with Gasteiger partial charge in [0, 0.05) is 0 Å². The Morgan fingerprint density at radius 3 is 2.79 bits per heavy atom. The van der Waals surface area contributed by atoms with Gasteiger partial charge in [0.25, 0.3) is 5.88 Å². The van der Waals surface area contributed by atoms with Gasteiger partial charge in [-0.1, -0.05) is 12.1 Å². The Labute approximate surface area is 109 Å². The SMILES string of the molecule is COC(=O)c1cc(OCc2ccc(C#N)cc2)no1. The summed E-state index contributed by atoms with van der Waals surface area (Å²) in [5.41, 5.74) is 1.46. The monoisotopic (exact) mass is 258 g/mol. The molecule has 2 rings (SSSR count). The van der Waals surface area contributed by atoms with E-state index in [0.29, 0.717) is 5.56 Å². The molecule has 0 N–H and O–H groups in total. The van der Waals surface area contributed by atoms with Crippen LogP contribution in [-0.2, 0) is 11.3 Å². The van der Waals surface area contributed by atoms with E-state index >= 15 is 0 Å². The molecule has 0 aliphatic rings. The molecule has 0 amide bonds. The van der Waals surface area contributed by atoms with E-state index in [9.17, 15) is 4.79 Å². The van der Waals surface area contributed by atoms with E-state index in [-0.39, 0.29) is 18.2 Å². The quantitative estimate of drug-likeness (QED) is 0.779. The van der Waals surface area contributed by atoms with E-state index in [2.05, 4.69) is 9.89 Å². The van der Waals surface area contributed by atoms with E-state index in [4.69, 9.17) is 14.5 Å². The van der Waals surface area contributed by atoms with Crippen LogP contribution >= 0.6 is 0 Å². The second-order valence-corrected chi connectivity index (χ2v) is 3.62. The zero-order chi connectivity index (χ0) is 13.7. The lowest BCUT2D eigenvalue weighted by atomic mass is 10.2. The van der Waals surface area contributed by atoms with Crippen LogP contribution in [0.5, 0.6) is 5.88 Å². The first-order chi connectivity index (χ1) is 9.22. The molecule has 2 aromatic rings. The normalized spacial score (nSPS) is 9.68. The van der Waals surface area contributed by atoms with Crippen molar-refractivity contribution in [3.05, 3.63) is 47.2 Å². The smallest absolute Gasteiger partial charge is 0.377 e. The van der Waals surface area contributed by atoms with Crippen LogP contribution in [0.25, 0.3) is 0 Å².